The van der Waals surface area contributed by atoms with E-state index in [1.165, 1.54) is 12.1 Å². The fourth-order valence-electron chi connectivity index (χ4n) is 1.86. The molecular weight excluding hydrogens is 259 g/mol. The van der Waals surface area contributed by atoms with Gasteiger partial charge in [0.1, 0.15) is 11.6 Å². The van der Waals surface area contributed by atoms with E-state index >= 15 is 0 Å². The zero-order chi connectivity index (χ0) is 11.8. The van der Waals surface area contributed by atoms with Crippen LogP contribution in [0.3, 0.4) is 0 Å². The molecule has 0 aliphatic heterocycles. The number of halogens is 2. The van der Waals surface area contributed by atoms with Gasteiger partial charge in [-0.25, -0.2) is 9.37 Å². The van der Waals surface area contributed by atoms with Crippen LogP contribution in [0.15, 0.2) is 35.0 Å². The van der Waals surface area contributed by atoms with Crippen molar-refractivity contribution < 1.29 is 4.39 Å². The third-order valence-electron chi connectivity index (χ3n) is 2.57. The lowest BCUT2D eigenvalue weighted by atomic mass is 10.3. The molecule has 0 saturated heterocycles. The summed E-state index contributed by atoms with van der Waals surface area (Å²) in [7, 11) is 0. The van der Waals surface area contributed by atoms with Crippen LogP contribution in [0.5, 0.6) is 0 Å². The van der Waals surface area contributed by atoms with Crippen LogP contribution in [0, 0.1) is 5.82 Å². The monoisotopic (exact) mass is 266 g/mol. The molecule has 2 heterocycles. The smallest absolute Gasteiger partial charge is 0.129 e. The molecule has 0 aliphatic rings. The molecule has 0 atom stereocenters. The molecule has 5 heteroatoms. The van der Waals surface area contributed by atoms with Crippen LogP contribution in [0.1, 0.15) is 5.82 Å². The second-order valence-electron chi connectivity index (χ2n) is 3.61. The Kier molecular flexibility index (Phi) is 2.61. The highest BCUT2D eigenvalue weighted by atomic mass is 35.5. The number of fused-ring (bicyclic) bond motifs is 1. The van der Waals surface area contributed by atoms with Crippen molar-refractivity contribution in [1.29, 1.82) is 0 Å². The van der Waals surface area contributed by atoms with Crippen molar-refractivity contribution in [2.24, 2.45) is 0 Å². The quantitative estimate of drug-likeness (QED) is 0.642. The molecular formula is C12H8ClFN2S. The number of thiophene rings is 1. The van der Waals surface area contributed by atoms with Gasteiger partial charge in [-0.05, 0) is 23.6 Å². The lowest BCUT2D eigenvalue weighted by molar-refractivity contribution is 0.629. The molecule has 1 aromatic carbocycles. The molecule has 17 heavy (non-hydrogen) atoms. The van der Waals surface area contributed by atoms with Crippen LogP contribution in [-0.2, 0) is 5.88 Å². The van der Waals surface area contributed by atoms with Crippen molar-refractivity contribution in [3.63, 3.8) is 0 Å². The third kappa shape index (κ3) is 1.73. The first-order chi connectivity index (χ1) is 8.29. The van der Waals surface area contributed by atoms with Crippen molar-refractivity contribution >= 4 is 34.0 Å². The van der Waals surface area contributed by atoms with E-state index in [1.807, 2.05) is 21.4 Å². The molecule has 0 N–H and O–H groups in total. The fourth-order valence-corrected chi connectivity index (χ4v) is 2.66. The van der Waals surface area contributed by atoms with Crippen LogP contribution in [0.25, 0.3) is 16.7 Å². The predicted molar refractivity (Wildman–Crippen MR) is 68.5 cm³/mol. The van der Waals surface area contributed by atoms with Gasteiger partial charge in [0, 0.05) is 11.4 Å². The van der Waals surface area contributed by atoms with Crippen molar-refractivity contribution in [3.8, 4) is 5.69 Å². The van der Waals surface area contributed by atoms with E-state index in [4.69, 9.17) is 11.6 Å². The minimum Gasteiger partial charge on any atom is -0.294 e. The van der Waals surface area contributed by atoms with Crippen LogP contribution in [0.2, 0.25) is 0 Å². The first-order valence-corrected chi connectivity index (χ1v) is 6.53. The van der Waals surface area contributed by atoms with Gasteiger partial charge in [0.05, 0.1) is 22.6 Å². The maximum Gasteiger partial charge on any atom is 0.129 e. The summed E-state index contributed by atoms with van der Waals surface area (Å²) in [4.78, 5) is 4.40. The normalized spacial score (nSPS) is 11.2. The molecule has 3 aromatic rings. The second-order valence-corrected chi connectivity index (χ2v) is 4.66. The third-order valence-corrected chi connectivity index (χ3v) is 3.48. The summed E-state index contributed by atoms with van der Waals surface area (Å²) in [6.45, 7) is 0. The first-order valence-electron chi connectivity index (χ1n) is 5.05. The van der Waals surface area contributed by atoms with Gasteiger partial charge in [-0.15, -0.1) is 11.6 Å². The van der Waals surface area contributed by atoms with Crippen LogP contribution in [-0.4, -0.2) is 9.55 Å². The van der Waals surface area contributed by atoms with Gasteiger partial charge in [-0.1, -0.05) is 0 Å². The van der Waals surface area contributed by atoms with Gasteiger partial charge < -0.3 is 0 Å². The minimum atomic E-state index is -0.269. The van der Waals surface area contributed by atoms with Gasteiger partial charge in [0.25, 0.3) is 0 Å². The summed E-state index contributed by atoms with van der Waals surface area (Å²) in [5.74, 6) is 0.757. The van der Waals surface area contributed by atoms with Crippen LogP contribution < -0.4 is 0 Å². The van der Waals surface area contributed by atoms with E-state index in [1.54, 1.807) is 17.4 Å². The highest BCUT2D eigenvalue weighted by Crippen LogP contribution is 2.24. The number of benzene rings is 1. The number of imidazole rings is 1. The van der Waals surface area contributed by atoms with Crippen molar-refractivity contribution in [2.75, 3.05) is 0 Å². The Morgan fingerprint density at radius 3 is 2.94 bits per heavy atom. The maximum atomic E-state index is 13.3. The average molecular weight is 267 g/mol. The fraction of sp³-hybridized carbons (Fsp3) is 0.0833. The van der Waals surface area contributed by atoms with Gasteiger partial charge in [0.2, 0.25) is 0 Å². The summed E-state index contributed by atoms with van der Waals surface area (Å²) in [6.07, 6.45) is 0. The minimum absolute atomic E-state index is 0.269. The molecule has 0 amide bonds. The molecule has 0 unspecified atom stereocenters. The molecule has 0 fully saturated rings. The Labute approximate surface area is 106 Å². The maximum absolute atomic E-state index is 13.3. The average Bonchev–Trinajstić information content (AvgIpc) is 2.93. The molecule has 0 saturated carbocycles. The van der Waals surface area contributed by atoms with Gasteiger partial charge in [-0.3, -0.25) is 4.57 Å². The summed E-state index contributed by atoms with van der Waals surface area (Å²) in [5, 5.41) is 3.96. The molecule has 0 bridgehead atoms. The standard InChI is InChI=1S/C12H8ClFN2S/c13-6-12-15-10-2-1-8(14)5-11(10)16(12)9-3-4-17-7-9/h1-5,7H,6H2. The largest absolute Gasteiger partial charge is 0.294 e. The Balaban J connectivity index is 2.37. The molecule has 0 aliphatic carbocycles. The van der Waals surface area contributed by atoms with Crippen LogP contribution in [0.4, 0.5) is 4.39 Å². The predicted octanol–water partition coefficient (Wildman–Crippen LogP) is 3.96. The van der Waals surface area contributed by atoms with Gasteiger partial charge >= 0.3 is 0 Å². The lowest BCUT2D eigenvalue weighted by Crippen LogP contribution is -1.97. The number of alkyl halides is 1. The Bertz CT molecular complexity index is 661. The summed E-state index contributed by atoms with van der Waals surface area (Å²) < 4.78 is 15.2. The highest BCUT2D eigenvalue weighted by Gasteiger charge is 2.12. The van der Waals surface area contributed by atoms with Crippen molar-refractivity contribution in [2.45, 2.75) is 5.88 Å². The summed E-state index contributed by atoms with van der Waals surface area (Å²) in [6, 6.07) is 6.53. The van der Waals surface area contributed by atoms with Gasteiger partial charge in [-0.2, -0.15) is 11.3 Å². The van der Waals surface area contributed by atoms with E-state index in [0.29, 0.717) is 5.88 Å². The van der Waals surface area contributed by atoms with E-state index in [0.717, 1.165) is 22.5 Å². The first kappa shape index (κ1) is 10.7. The van der Waals surface area contributed by atoms with Crippen LogP contribution >= 0.6 is 22.9 Å². The number of rotatable bonds is 2. The highest BCUT2D eigenvalue weighted by molar-refractivity contribution is 7.08. The number of aromatic nitrogens is 2. The van der Waals surface area contributed by atoms with Crippen molar-refractivity contribution in [1.82, 2.24) is 9.55 Å². The molecule has 3 rings (SSSR count). The van der Waals surface area contributed by atoms with E-state index in [-0.39, 0.29) is 5.82 Å². The number of nitrogens with zero attached hydrogens (tertiary/aromatic N) is 2. The molecule has 86 valence electrons. The lowest BCUT2D eigenvalue weighted by Gasteiger charge is -2.04. The zero-order valence-corrected chi connectivity index (χ0v) is 10.3. The number of hydrogen-bond acceptors (Lipinski definition) is 2. The Hall–Kier alpha value is -1.39. The molecule has 2 nitrogen and oxygen atoms in total. The summed E-state index contributed by atoms with van der Waals surface area (Å²) >= 11 is 7.47. The SMILES string of the molecule is Fc1ccc2nc(CCl)n(-c3ccsc3)c2c1. The van der Waals surface area contributed by atoms with E-state index in [2.05, 4.69) is 4.98 Å². The number of hydrogen-bond donors (Lipinski definition) is 0. The molecule has 0 spiro atoms. The zero-order valence-electron chi connectivity index (χ0n) is 8.73. The molecule has 2 aromatic heterocycles. The second kappa shape index (κ2) is 4.13. The van der Waals surface area contributed by atoms with E-state index in [9.17, 15) is 4.39 Å². The van der Waals surface area contributed by atoms with E-state index < -0.39 is 0 Å². The summed E-state index contributed by atoms with van der Waals surface area (Å²) in [5.41, 5.74) is 2.48. The Morgan fingerprint density at radius 2 is 2.24 bits per heavy atom. The topological polar surface area (TPSA) is 17.8 Å². The Morgan fingerprint density at radius 1 is 1.35 bits per heavy atom. The van der Waals surface area contributed by atoms with Crippen molar-refractivity contribution in [3.05, 3.63) is 46.7 Å². The molecule has 0 radical (unpaired) electrons. The van der Waals surface area contributed by atoms with Gasteiger partial charge in [0.15, 0.2) is 0 Å².